The Kier molecular flexibility index (Phi) is 5.70. The van der Waals surface area contributed by atoms with Crippen molar-refractivity contribution in [1.29, 1.82) is 0 Å². The van der Waals surface area contributed by atoms with Crippen molar-refractivity contribution in [3.05, 3.63) is 69.0 Å². The van der Waals surface area contributed by atoms with E-state index in [0.29, 0.717) is 10.6 Å². The van der Waals surface area contributed by atoms with Gasteiger partial charge in [-0.15, -0.1) is 0 Å². The number of nitrogens with zero attached hydrogens (tertiary/aromatic N) is 1. The number of nitro benzene ring substituents is 1. The van der Waals surface area contributed by atoms with E-state index in [1.54, 1.807) is 0 Å². The molecule has 1 amide bonds. The molecule has 0 aliphatic heterocycles. The van der Waals surface area contributed by atoms with Crippen molar-refractivity contribution >= 4 is 38.7 Å². The van der Waals surface area contributed by atoms with E-state index < -0.39 is 49.4 Å². The summed E-state index contributed by atoms with van der Waals surface area (Å²) in [6, 6.07) is 8.63. The average molecular weight is 387 g/mol. The zero-order valence-electron chi connectivity index (χ0n) is 12.6. The van der Waals surface area contributed by atoms with Crippen molar-refractivity contribution in [1.82, 2.24) is 0 Å². The second kappa shape index (κ2) is 7.58. The number of nitrogens with one attached hydrogen (secondary N) is 1. The number of hydrogen-bond acceptors (Lipinski definition) is 5. The molecule has 1 N–H and O–H groups in total. The summed E-state index contributed by atoms with van der Waals surface area (Å²) in [7, 11) is -3.82. The van der Waals surface area contributed by atoms with Gasteiger partial charge in [-0.2, -0.15) is 0 Å². The summed E-state index contributed by atoms with van der Waals surface area (Å²) in [4.78, 5) is 21.8. The first-order valence-electron chi connectivity index (χ1n) is 6.85. The Hall–Kier alpha value is -2.52. The minimum atomic E-state index is -3.82. The average Bonchev–Trinajstić information content (AvgIpc) is 2.50. The third-order valence-electron chi connectivity index (χ3n) is 3.09. The van der Waals surface area contributed by atoms with Gasteiger partial charge in [0.25, 0.3) is 5.69 Å². The number of anilines is 1. The molecule has 0 heterocycles. The molecule has 2 aromatic rings. The van der Waals surface area contributed by atoms with Gasteiger partial charge in [-0.1, -0.05) is 23.7 Å². The van der Waals surface area contributed by atoms with Crippen LogP contribution in [0, 0.1) is 15.9 Å². The molecular formula is C15H12ClFN2O5S. The second-order valence-corrected chi connectivity index (χ2v) is 7.63. The quantitative estimate of drug-likeness (QED) is 0.606. The summed E-state index contributed by atoms with van der Waals surface area (Å²) in [6.45, 7) is 0. The highest BCUT2D eigenvalue weighted by atomic mass is 35.5. The van der Waals surface area contributed by atoms with Crippen LogP contribution in [0.1, 0.15) is 5.56 Å². The maximum absolute atomic E-state index is 13.6. The lowest BCUT2D eigenvalue weighted by Gasteiger charge is -2.07. The molecule has 7 nitrogen and oxygen atoms in total. The maximum Gasteiger partial charge on any atom is 0.271 e. The molecule has 2 rings (SSSR count). The summed E-state index contributed by atoms with van der Waals surface area (Å²) in [5, 5.41) is 13.2. The molecule has 132 valence electrons. The van der Waals surface area contributed by atoms with E-state index in [1.807, 2.05) is 5.32 Å². The Balaban J connectivity index is 2.07. The van der Waals surface area contributed by atoms with E-state index in [4.69, 9.17) is 11.6 Å². The molecule has 0 atom stereocenters. The number of carbonyl (C=O) groups is 1. The third kappa shape index (κ3) is 5.50. The SMILES string of the molecule is O=C(CS(=O)(=O)Cc1ccc(Cl)cc1)Nc1cc([N+](=O)[O-])ccc1F. The molecule has 2 aromatic carbocycles. The minimum absolute atomic E-state index is 0.394. The van der Waals surface area contributed by atoms with Gasteiger partial charge >= 0.3 is 0 Å². The Labute approximate surface area is 147 Å². The van der Waals surface area contributed by atoms with Crippen molar-refractivity contribution < 1.29 is 22.5 Å². The lowest BCUT2D eigenvalue weighted by molar-refractivity contribution is -0.384. The van der Waals surface area contributed by atoms with E-state index in [9.17, 15) is 27.7 Å². The van der Waals surface area contributed by atoms with E-state index in [0.717, 1.165) is 18.2 Å². The standard InChI is InChI=1S/C15H12ClFN2O5S/c16-11-3-1-10(2-4-11)8-25(23,24)9-15(20)18-14-7-12(19(21)22)5-6-13(14)17/h1-7H,8-9H2,(H,18,20). The zero-order chi connectivity index (χ0) is 18.6. The topological polar surface area (TPSA) is 106 Å². The van der Waals surface area contributed by atoms with Crippen LogP contribution in [-0.4, -0.2) is 25.0 Å². The molecule has 0 fully saturated rings. The predicted molar refractivity (Wildman–Crippen MR) is 90.6 cm³/mol. The Bertz CT molecular complexity index is 916. The van der Waals surface area contributed by atoms with Crippen LogP contribution >= 0.6 is 11.6 Å². The van der Waals surface area contributed by atoms with Crippen molar-refractivity contribution in [2.75, 3.05) is 11.1 Å². The maximum atomic E-state index is 13.6. The summed E-state index contributed by atoms with van der Waals surface area (Å²) >= 11 is 5.71. The van der Waals surface area contributed by atoms with Crippen LogP contribution in [0.2, 0.25) is 5.02 Å². The Morgan fingerprint density at radius 3 is 2.44 bits per heavy atom. The van der Waals surface area contributed by atoms with Crippen LogP contribution < -0.4 is 5.32 Å². The van der Waals surface area contributed by atoms with Gasteiger partial charge < -0.3 is 5.32 Å². The van der Waals surface area contributed by atoms with Gasteiger partial charge in [-0.05, 0) is 23.8 Å². The fourth-order valence-electron chi connectivity index (χ4n) is 1.99. The van der Waals surface area contributed by atoms with E-state index >= 15 is 0 Å². The van der Waals surface area contributed by atoms with Crippen molar-refractivity contribution in [3.63, 3.8) is 0 Å². The normalized spacial score (nSPS) is 11.1. The van der Waals surface area contributed by atoms with Crippen LogP contribution in [0.4, 0.5) is 15.8 Å². The summed E-state index contributed by atoms with van der Waals surface area (Å²) in [5.41, 5.74) is -0.444. The van der Waals surface area contributed by atoms with Gasteiger partial charge in [-0.3, -0.25) is 14.9 Å². The van der Waals surface area contributed by atoms with Crippen molar-refractivity contribution in [2.24, 2.45) is 0 Å². The molecule has 10 heteroatoms. The monoisotopic (exact) mass is 386 g/mol. The molecule has 25 heavy (non-hydrogen) atoms. The number of non-ortho nitro benzene ring substituents is 1. The first-order chi connectivity index (χ1) is 11.7. The fourth-order valence-corrected chi connectivity index (χ4v) is 3.39. The second-order valence-electron chi connectivity index (χ2n) is 5.13. The fraction of sp³-hybridized carbons (Fsp3) is 0.133. The van der Waals surface area contributed by atoms with Crippen LogP contribution in [0.3, 0.4) is 0 Å². The molecule has 0 aromatic heterocycles. The van der Waals surface area contributed by atoms with E-state index in [1.165, 1.54) is 24.3 Å². The molecular weight excluding hydrogens is 375 g/mol. The molecule has 0 unspecified atom stereocenters. The van der Waals surface area contributed by atoms with Gasteiger partial charge in [0.1, 0.15) is 11.6 Å². The molecule has 0 spiro atoms. The molecule has 0 saturated carbocycles. The molecule has 0 radical (unpaired) electrons. The number of sulfone groups is 1. The highest BCUT2D eigenvalue weighted by Gasteiger charge is 2.20. The van der Waals surface area contributed by atoms with Gasteiger partial charge in [-0.25, -0.2) is 12.8 Å². The first kappa shape index (κ1) is 18.8. The molecule has 0 saturated heterocycles. The number of hydrogen-bond donors (Lipinski definition) is 1. The zero-order valence-corrected chi connectivity index (χ0v) is 14.2. The number of halogens is 2. The number of rotatable bonds is 6. The lowest BCUT2D eigenvalue weighted by atomic mass is 10.2. The van der Waals surface area contributed by atoms with Gasteiger partial charge in [0, 0.05) is 17.2 Å². The van der Waals surface area contributed by atoms with Crippen LogP contribution in [0.5, 0.6) is 0 Å². The lowest BCUT2D eigenvalue weighted by Crippen LogP contribution is -2.24. The highest BCUT2D eigenvalue weighted by molar-refractivity contribution is 7.91. The molecule has 0 bridgehead atoms. The smallest absolute Gasteiger partial charge is 0.271 e. The number of nitro groups is 1. The highest BCUT2D eigenvalue weighted by Crippen LogP contribution is 2.21. The summed E-state index contributed by atoms with van der Waals surface area (Å²) in [6.07, 6.45) is 0. The van der Waals surface area contributed by atoms with Crippen LogP contribution in [0.15, 0.2) is 42.5 Å². The predicted octanol–water partition coefficient (Wildman–Crippen LogP) is 2.94. The Morgan fingerprint density at radius 2 is 1.84 bits per heavy atom. The molecule has 0 aliphatic carbocycles. The van der Waals surface area contributed by atoms with Gasteiger partial charge in [0.05, 0.1) is 16.4 Å². The number of amides is 1. The van der Waals surface area contributed by atoms with E-state index in [2.05, 4.69) is 0 Å². The number of benzene rings is 2. The van der Waals surface area contributed by atoms with Crippen LogP contribution in [0.25, 0.3) is 0 Å². The van der Waals surface area contributed by atoms with Crippen molar-refractivity contribution in [2.45, 2.75) is 5.75 Å². The number of carbonyl (C=O) groups excluding carboxylic acids is 1. The van der Waals surface area contributed by atoms with E-state index in [-0.39, 0.29) is 0 Å². The largest absolute Gasteiger partial charge is 0.322 e. The molecule has 0 aliphatic rings. The van der Waals surface area contributed by atoms with Crippen molar-refractivity contribution in [3.8, 4) is 0 Å². The third-order valence-corrected chi connectivity index (χ3v) is 4.81. The minimum Gasteiger partial charge on any atom is -0.322 e. The first-order valence-corrected chi connectivity index (χ1v) is 9.05. The Morgan fingerprint density at radius 1 is 1.20 bits per heavy atom. The summed E-state index contributed by atoms with van der Waals surface area (Å²) in [5.74, 6) is -3.19. The van der Waals surface area contributed by atoms with Gasteiger partial charge in [0.15, 0.2) is 9.84 Å². The van der Waals surface area contributed by atoms with Gasteiger partial charge in [0.2, 0.25) is 5.91 Å². The van der Waals surface area contributed by atoms with Crippen LogP contribution in [-0.2, 0) is 20.4 Å². The summed E-state index contributed by atoms with van der Waals surface area (Å²) < 4.78 is 37.7.